The van der Waals surface area contributed by atoms with Crippen LogP contribution in [0.1, 0.15) is 0 Å². The van der Waals surface area contributed by atoms with Gasteiger partial charge in [0.05, 0.1) is 25.4 Å². The van der Waals surface area contributed by atoms with Crippen molar-refractivity contribution in [1.82, 2.24) is 0 Å². The highest BCUT2D eigenvalue weighted by atomic mass is 35.5. The molecule has 4 atom stereocenters. The molecule has 0 radical (unpaired) electrons. The first-order valence-corrected chi connectivity index (χ1v) is 3.56. The van der Waals surface area contributed by atoms with E-state index in [-0.39, 0.29) is 12.4 Å². The number of halogens is 1. The Morgan fingerprint density at radius 3 is 1.69 bits per heavy atom. The number of hydrogen-bond acceptors (Lipinski definition) is 6. The summed E-state index contributed by atoms with van der Waals surface area (Å²) < 4.78 is 0. The van der Waals surface area contributed by atoms with Gasteiger partial charge in [-0.3, -0.25) is 0 Å². The molecule has 7 N–H and O–H groups in total. The molecule has 0 amide bonds. The van der Waals surface area contributed by atoms with Crippen LogP contribution in [-0.4, -0.2) is 63.1 Å². The van der Waals surface area contributed by atoms with Crippen LogP contribution in [0.4, 0.5) is 0 Å². The zero-order chi connectivity index (χ0) is 9.72. The maximum atomic E-state index is 9.08. The molecule has 0 aromatic heterocycles. The van der Waals surface area contributed by atoms with E-state index in [0.29, 0.717) is 0 Å². The fraction of sp³-hybridized carbons (Fsp3) is 1.00. The largest absolute Gasteiger partial charge is 0.395 e. The Hall–Kier alpha value is 0.0500. The number of aliphatic hydroxyl groups excluding tert-OH is 5. The topological polar surface area (TPSA) is 127 Å². The third kappa shape index (κ3) is 4.72. The number of hydrogen-bond donors (Lipinski definition) is 6. The minimum Gasteiger partial charge on any atom is -0.395 e. The van der Waals surface area contributed by atoms with Gasteiger partial charge in [0.25, 0.3) is 0 Å². The van der Waals surface area contributed by atoms with E-state index in [1.165, 1.54) is 0 Å². The second-order valence-corrected chi connectivity index (χ2v) is 2.58. The normalized spacial score (nSPS) is 19.8. The third-order valence-electron chi connectivity index (χ3n) is 1.58. The Morgan fingerprint density at radius 1 is 0.923 bits per heavy atom. The van der Waals surface area contributed by atoms with Gasteiger partial charge in [-0.1, -0.05) is 0 Å². The van der Waals surface area contributed by atoms with Crippen LogP contribution in [-0.2, 0) is 0 Å². The maximum Gasteiger partial charge on any atom is 0.110 e. The molecule has 0 aromatic carbocycles. The summed E-state index contributed by atoms with van der Waals surface area (Å²) in [7, 11) is 0. The van der Waals surface area contributed by atoms with Crippen LogP contribution in [0.5, 0.6) is 0 Å². The Labute approximate surface area is 82.0 Å². The van der Waals surface area contributed by atoms with Crippen LogP contribution < -0.4 is 5.73 Å². The highest BCUT2D eigenvalue weighted by molar-refractivity contribution is 5.85. The summed E-state index contributed by atoms with van der Waals surface area (Å²) in [5.41, 5.74) is 5.16. The van der Waals surface area contributed by atoms with Gasteiger partial charge < -0.3 is 31.3 Å². The van der Waals surface area contributed by atoms with Crippen molar-refractivity contribution in [2.24, 2.45) is 5.73 Å². The van der Waals surface area contributed by atoms with E-state index in [1.54, 1.807) is 0 Å². The molecule has 0 spiro atoms. The molecule has 0 saturated carbocycles. The van der Waals surface area contributed by atoms with E-state index in [1.807, 2.05) is 0 Å². The molecule has 13 heavy (non-hydrogen) atoms. The SMILES string of the molecule is Cl.N[C@@H](CO)[C@@H](O)[C@H](O)[C@H](O)CO. The number of rotatable bonds is 5. The predicted octanol–water partition coefficient (Wildman–Crippen LogP) is -3.20. The molecule has 0 saturated heterocycles. The monoisotopic (exact) mass is 217 g/mol. The molecule has 0 aliphatic carbocycles. The minimum atomic E-state index is -1.54. The maximum absolute atomic E-state index is 9.08. The Bertz CT molecular complexity index is 114. The first-order chi connectivity index (χ1) is 5.54. The molecule has 0 heterocycles. The average molecular weight is 218 g/mol. The van der Waals surface area contributed by atoms with E-state index in [0.717, 1.165) is 0 Å². The summed E-state index contributed by atoms with van der Waals surface area (Å²) in [6.45, 7) is -1.17. The molecule has 0 rings (SSSR count). The summed E-state index contributed by atoms with van der Waals surface area (Å²) in [4.78, 5) is 0. The van der Waals surface area contributed by atoms with Gasteiger partial charge in [0.1, 0.15) is 12.2 Å². The summed E-state index contributed by atoms with van der Waals surface area (Å²) in [6.07, 6.45) is -4.44. The highest BCUT2D eigenvalue weighted by Gasteiger charge is 2.28. The van der Waals surface area contributed by atoms with Crippen molar-refractivity contribution in [3.8, 4) is 0 Å². The Morgan fingerprint density at radius 2 is 1.38 bits per heavy atom. The van der Waals surface area contributed by atoms with Crippen molar-refractivity contribution in [2.75, 3.05) is 13.2 Å². The Balaban J connectivity index is 0. The summed E-state index contributed by atoms with van der Waals surface area (Å²) >= 11 is 0. The van der Waals surface area contributed by atoms with Gasteiger partial charge in [-0.25, -0.2) is 0 Å². The first-order valence-electron chi connectivity index (χ1n) is 3.56. The van der Waals surface area contributed by atoms with Crippen LogP contribution in [0.25, 0.3) is 0 Å². The highest BCUT2D eigenvalue weighted by Crippen LogP contribution is 2.02. The molecule has 0 aliphatic rings. The van der Waals surface area contributed by atoms with E-state index in [2.05, 4.69) is 0 Å². The summed E-state index contributed by atoms with van der Waals surface area (Å²) in [6, 6.07) is -1.03. The van der Waals surface area contributed by atoms with Gasteiger partial charge in [-0.05, 0) is 0 Å². The minimum absolute atomic E-state index is 0. The summed E-state index contributed by atoms with van der Waals surface area (Å²) in [5.74, 6) is 0. The average Bonchev–Trinajstić information content (AvgIpc) is 2.12. The Kier molecular flexibility index (Phi) is 8.90. The summed E-state index contributed by atoms with van der Waals surface area (Å²) in [5, 5.41) is 43.8. The quantitative estimate of drug-likeness (QED) is 0.288. The van der Waals surface area contributed by atoms with Crippen molar-refractivity contribution >= 4 is 12.4 Å². The molecule has 82 valence electrons. The standard InChI is InChI=1S/C6H15NO5.ClH/c7-3(1-8)5(11)6(12)4(10)2-9;/h3-6,8-12H,1-2,7H2;1H/t3-,4+,5+,6+;/m0./s1. The second-order valence-electron chi connectivity index (χ2n) is 2.58. The molecule has 0 aromatic rings. The first kappa shape index (κ1) is 15.5. The lowest BCUT2D eigenvalue weighted by atomic mass is 10.0. The van der Waals surface area contributed by atoms with Crippen molar-refractivity contribution < 1.29 is 25.5 Å². The van der Waals surface area contributed by atoms with Crippen molar-refractivity contribution in [3.63, 3.8) is 0 Å². The van der Waals surface area contributed by atoms with Gasteiger partial charge in [0, 0.05) is 0 Å². The van der Waals surface area contributed by atoms with Crippen LogP contribution in [0.15, 0.2) is 0 Å². The van der Waals surface area contributed by atoms with Crippen LogP contribution in [0.2, 0.25) is 0 Å². The second kappa shape index (κ2) is 7.45. The van der Waals surface area contributed by atoms with Gasteiger partial charge in [0.2, 0.25) is 0 Å². The van der Waals surface area contributed by atoms with Crippen molar-refractivity contribution in [3.05, 3.63) is 0 Å². The smallest absolute Gasteiger partial charge is 0.110 e. The molecule has 0 fully saturated rings. The number of nitrogens with two attached hydrogens (primary N) is 1. The molecule has 0 unspecified atom stereocenters. The van der Waals surface area contributed by atoms with Gasteiger partial charge >= 0.3 is 0 Å². The lowest BCUT2D eigenvalue weighted by Crippen LogP contribution is -2.50. The van der Waals surface area contributed by atoms with E-state index in [4.69, 9.17) is 31.3 Å². The van der Waals surface area contributed by atoms with Crippen LogP contribution in [0, 0.1) is 0 Å². The molecular formula is C6H16ClNO5. The lowest BCUT2D eigenvalue weighted by molar-refractivity contribution is -0.0873. The van der Waals surface area contributed by atoms with Gasteiger partial charge in [0.15, 0.2) is 0 Å². The van der Waals surface area contributed by atoms with E-state index in [9.17, 15) is 0 Å². The zero-order valence-electron chi connectivity index (χ0n) is 6.95. The van der Waals surface area contributed by atoms with Crippen molar-refractivity contribution in [1.29, 1.82) is 0 Å². The van der Waals surface area contributed by atoms with Crippen molar-refractivity contribution in [2.45, 2.75) is 24.4 Å². The molecule has 7 heteroatoms. The third-order valence-corrected chi connectivity index (χ3v) is 1.58. The van der Waals surface area contributed by atoms with E-state index < -0.39 is 37.6 Å². The van der Waals surface area contributed by atoms with Crippen LogP contribution >= 0.6 is 12.4 Å². The fourth-order valence-corrected chi connectivity index (χ4v) is 0.697. The molecule has 0 aliphatic heterocycles. The molecular weight excluding hydrogens is 202 g/mol. The number of aliphatic hydroxyl groups is 5. The van der Waals surface area contributed by atoms with E-state index >= 15 is 0 Å². The van der Waals surface area contributed by atoms with Gasteiger partial charge in [-0.15, -0.1) is 12.4 Å². The fourth-order valence-electron chi connectivity index (χ4n) is 0.697. The molecule has 6 nitrogen and oxygen atoms in total. The molecule has 0 bridgehead atoms. The lowest BCUT2D eigenvalue weighted by Gasteiger charge is -2.24. The van der Waals surface area contributed by atoms with Gasteiger partial charge in [-0.2, -0.15) is 0 Å². The van der Waals surface area contributed by atoms with Crippen LogP contribution in [0.3, 0.4) is 0 Å². The zero-order valence-corrected chi connectivity index (χ0v) is 7.76. The predicted molar refractivity (Wildman–Crippen MR) is 47.4 cm³/mol.